The molecule has 0 aromatic carbocycles. The van der Waals surface area contributed by atoms with E-state index in [4.69, 9.17) is 8.85 Å². The fraction of sp³-hybridized carbons (Fsp3) is 1.00. The van der Waals surface area contributed by atoms with Crippen molar-refractivity contribution in [2.24, 2.45) is 5.92 Å². The number of rotatable bonds is 10. The minimum Gasteiger partial charge on any atom is -0.395 e. The van der Waals surface area contributed by atoms with Crippen LogP contribution in [-0.4, -0.2) is 21.8 Å². The van der Waals surface area contributed by atoms with E-state index in [0.717, 1.165) is 13.2 Å². The van der Waals surface area contributed by atoms with Crippen molar-refractivity contribution in [3.05, 3.63) is 0 Å². The fourth-order valence-corrected chi connectivity index (χ4v) is 2.75. The SMILES string of the molecule is CCCCCCO[Si](C)(C)OCC(C)CC. The molecule has 0 saturated carbocycles. The van der Waals surface area contributed by atoms with E-state index < -0.39 is 8.56 Å². The Hall–Kier alpha value is 0.137. The molecule has 0 aromatic heterocycles. The zero-order chi connectivity index (χ0) is 12.4. The molecule has 2 nitrogen and oxygen atoms in total. The largest absolute Gasteiger partial charge is 0.395 e. The van der Waals surface area contributed by atoms with Crippen molar-refractivity contribution >= 4 is 8.56 Å². The van der Waals surface area contributed by atoms with Gasteiger partial charge in [-0.3, -0.25) is 0 Å². The van der Waals surface area contributed by atoms with Crippen LogP contribution in [0.15, 0.2) is 0 Å². The van der Waals surface area contributed by atoms with Crippen molar-refractivity contribution < 1.29 is 8.85 Å². The Balaban J connectivity index is 3.53. The van der Waals surface area contributed by atoms with Crippen molar-refractivity contribution in [1.82, 2.24) is 0 Å². The molecule has 0 rings (SSSR count). The maximum Gasteiger partial charge on any atom is 0.331 e. The zero-order valence-electron chi connectivity index (χ0n) is 11.8. The molecule has 0 fully saturated rings. The first kappa shape index (κ1) is 16.1. The van der Waals surface area contributed by atoms with E-state index in [-0.39, 0.29) is 0 Å². The lowest BCUT2D eigenvalue weighted by Gasteiger charge is -2.24. The van der Waals surface area contributed by atoms with E-state index >= 15 is 0 Å². The quantitative estimate of drug-likeness (QED) is 0.421. The molecule has 1 atom stereocenters. The van der Waals surface area contributed by atoms with E-state index in [1.807, 2.05) is 0 Å². The Labute approximate surface area is 103 Å². The highest BCUT2D eigenvalue weighted by atomic mass is 28.4. The van der Waals surface area contributed by atoms with Crippen LogP contribution < -0.4 is 0 Å². The Morgan fingerprint density at radius 1 is 1.00 bits per heavy atom. The van der Waals surface area contributed by atoms with Crippen LogP contribution in [0, 0.1) is 5.92 Å². The van der Waals surface area contributed by atoms with Gasteiger partial charge in [0.15, 0.2) is 0 Å². The zero-order valence-corrected chi connectivity index (χ0v) is 12.8. The minimum atomic E-state index is -1.84. The van der Waals surface area contributed by atoms with E-state index in [9.17, 15) is 0 Å². The second kappa shape index (κ2) is 9.20. The van der Waals surface area contributed by atoms with Gasteiger partial charge in [-0.25, -0.2) is 0 Å². The molecule has 0 N–H and O–H groups in total. The van der Waals surface area contributed by atoms with Gasteiger partial charge in [0, 0.05) is 13.2 Å². The molecule has 0 aromatic rings. The summed E-state index contributed by atoms with van der Waals surface area (Å²) in [6, 6.07) is 0. The molecule has 0 heterocycles. The van der Waals surface area contributed by atoms with E-state index in [1.54, 1.807) is 0 Å². The minimum absolute atomic E-state index is 0.649. The van der Waals surface area contributed by atoms with Gasteiger partial charge in [-0.15, -0.1) is 0 Å². The van der Waals surface area contributed by atoms with Gasteiger partial charge < -0.3 is 8.85 Å². The van der Waals surface area contributed by atoms with Gasteiger partial charge in [0.25, 0.3) is 0 Å². The molecule has 98 valence electrons. The third-order valence-corrected chi connectivity index (χ3v) is 4.62. The molecule has 0 aliphatic rings. The Morgan fingerprint density at radius 2 is 1.69 bits per heavy atom. The molecule has 0 saturated heterocycles. The molecule has 1 unspecified atom stereocenters. The average Bonchev–Trinajstić information content (AvgIpc) is 2.25. The van der Waals surface area contributed by atoms with E-state index in [2.05, 4.69) is 33.9 Å². The molecule has 0 aliphatic carbocycles. The predicted molar refractivity (Wildman–Crippen MR) is 73.0 cm³/mol. The van der Waals surface area contributed by atoms with Crippen molar-refractivity contribution in [2.75, 3.05) is 13.2 Å². The van der Waals surface area contributed by atoms with Gasteiger partial charge in [0.05, 0.1) is 0 Å². The normalized spacial score (nSPS) is 14.1. The summed E-state index contributed by atoms with van der Waals surface area (Å²) in [6.07, 6.45) is 6.24. The standard InChI is InChI=1S/C13H30O2Si/c1-6-8-9-10-11-14-16(4,5)15-12-13(3)7-2/h13H,6-12H2,1-5H3. The van der Waals surface area contributed by atoms with Crippen LogP contribution in [0.1, 0.15) is 52.9 Å². The fourth-order valence-electron chi connectivity index (χ4n) is 1.35. The summed E-state index contributed by atoms with van der Waals surface area (Å²) >= 11 is 0. The summed E-state index contributed by atoms with van der Waals surface area (Å²) in [7, 11) is -1.84. The van der Waals surface area contributed by atoms with Crippen molar-refractivity contribution in [3.8, 4) is 0 Å². The third kappa shape index (κ3) is 9.37. The Kier molecular flexibility index (Phi) is 9.28. The van der Waals surface area contributed by atoms with Crippen molar-refractivity contribution in [2.45, 2.75) is 66.0 Å². The summed E-state index contributed by atoms with van der Waals surface area (Å²) in [5.41, 5.74) is 0. The van der Waals surface area contributed by atoms with Gasteiger partial charge in [0.2, 0.25) is 0 Å². The highest BCUT2D eigenvalue weighted by molar-refractivity contribution is 6.64. The second-order valence-electron chi connectivity index (χ2n) is 5.13. The first-order valence-electron chi connectivity index (χ1n) is 6.79. The van der Waals surface area contributed by atoms with Gasteiger partial charge >= 0.3 is 8.56 Å². The second-order valence-corrected chi connectivity index (χ2v) is 8.51. The molecular weight excluding hydrogens is 216 g/mol. The molecule has 0 radical (unpaired) electrons. The topological polar surface area (TPSA) is 18.5 Å². The van der Waals surface area contributed by atoms with Crippen molar-refractivity contribution in [3.63, 3.8) is 0 Å². The molecule has 16 heavy (non-hydrogen) atoms. The first-order valence-corrected chi connectivity index (χ1v) is 9.61. The maximum atomic E-state index is 5.91. The molecule has 0 bridgehead atoms. The third-order valence-electron chi connectivity index (χ3n) is 2.86. The molecular formula is C13H30O2Si. The van der Waals surface area contributed by atoms with Gasteiger partial charge in [-0.2, -0.15) is 0 Å². The smallest absolute Gasteiger partial charge is 0.331 e. The summed E-state index contributed by atoms with van der Waals surface area (Å²) in [4.78, 5) is 0. The molecule has 3 heteroatoms. The van der Waals surface area contributed by atoms with Gasteiger partial charge in [-0.05, 0) is 25.4 Å². The summed E-state index contributed by atoms with van der Waals surface area (Å²) in [5, 5.41) is 0. The van der Waals surface area contributed by atoms with Gasteiger partial charge in [-0.1, -0.05) is 46.5 Å². The van der Waals surface area contributed by atoms with Crippen LogP contribution in [0.4, 0.5) is 0 Å². The maximum absolute atomic E-state index is 5.91. The number of hydrogen-bond donors (Lipinski definition) is 0. The average molecular weight is 246 g/mol. The van der Waals surface area contributed by atoms with Crippen LogP contribution >= 0.6 is 0 Å². The van der Waals surface area contributed by atoms with E-state index in [0.29, 0.717) is 5.92 Å². The van der Waals surface area contributed by atoms with Crippen LogP contribution in [0.3, 0.4) is 0 Å². The summed E-state index contributed by atoms with van der Waals surface area (Å²) < 4.78 is 11.8. The monoisotopic (exact) mass is 246 g/mol. The molecule has 0 spiro atoms. The lowest BCUT2D eigenvalue weighted by molar-refractivity contribution is 0.154. The van der Waals surface area contributed by atoms with Gasteiger partial charge in [0.1, 0.15) is 0 Å². The highest BCUT2D eigenvalue weighted by Gasteiger charge is 2.24. The highest BCUT2D eigenvalue weighted by Crippen LogP contribution is 2.12. The van der Waals surface area contributed by atoms with E-state index in [1.165, 1.54) is 32.1 Å². The predicted octanol–water partition coefficient (Wildman–Crippen LogP) is 4.35. The Bertz CT molecular complexity index is 160. The van der Waals surface area contributed by atoms with Crippen molar-refractivity contribution in [1.29, 1.82) is 0 Å². The first-order chi connectivity index (χ1) is 7.52. The lowest BCUT2D eigenvalue weighted by atomic mass is 10.1. The van der Waals surface area contributed by atoms with Crippen LogP contribution in [0.25, 0.3) is 0 Å². The molecule has 0 amide bonds. The number of hydrogen-bond acceptors (Lipinski definition) is 2. The van der Waals surface area contributed by atoms with Crippen LogP contribution in [0.2, 0.25) is 13.1 Å². The Morgan fingerprint density at radius 3 is 2.25 bits per heavy atom. The molecule has 0 aliphatic heterocycles. The number of unbranched alkanes of at least 4 members (excludes halogenated alkanes) is 3. The van der Waals surface area contributed by atoms with Crippen LogP contribution in [-0.2, 0) is 8.85 Å². The summed E-state index contributed by atoms with van der Waals surface area (Å²) in [5.74, 6) is 0.649. The summed E-state index contributed by atoms with van der Waals surface area (Å²) in [6.45, 7) is 12.7. The lowest BCUT2D eigenvalue weighted by Crippen LogP contribution is -2.36. The van der Waals surface area contributed by atoms with Crippen LogP contribution in [0.5, 0.6) is 0 Å².